The van der Waals surface area contributed by atoms with Crippen LogP contribution in [0.2, 0.25) is 0 Å². The maximum absolute atomic E-state index is 11.9. The Labute approximate surface area is 762 Å². The summed E-state index contributed by atoms with van der Waals surface area (Å²) in [6.07, 6.45) is 29.4. The first kappa shape index (κ1) is 128. The molecule has 30 heteroatoms. The highest BCUT2D eigenvalue weighted by Crippen LogP contribution is 2.25. The normalized spacial score (nSPS) is 12.1. The minimum atomic E-state index is -0.877. The molecule has 0 aliphatic rings. The maximum atomic E-state index is 11.9. The van der Waals surface area contributed by atoms with Gasteiger partial charge in [-0.3, -0.25) is 62.3 Å². The van der Waals surface area contributed by atoms with Gasteiger partial charge in [0.15, 0.2) is 0 Å². The Balaban J connectivity index is -0.000000506. The van der Waals surface area contributed by atoms with E-state index in [1.807, 2.05) is 90.0 Å². The van der Waals surface area contributed by atoms with Crippen molar-refractivity contribution in [3.63, 3.8) is 0 Å². The van der Waals surface area contributed by atoms with Crippen LogP contribution in [0.1, 0.15) is 387 Å². The molecule has 0 fully saturated rings. The second kappa shape index (κ2) is 86.3. The SMILES string of the molecule is C=CC(=O)OCCCCOCC(O)COC(=O)CCCCCOC(=O)C(C)CC.CCC(C)(C)C(=O)OCCCCCC(=O)O.CCC(C)C(=O)OCCCCCC(=O)O.CCCCC(CC)COC(=O)CCCCCOC(=O)CCCOC(=O)C(C)(C)CC.CCCCC(CC)COC(=O)CCCCOC(=O)CCCCCOC(=O)CCCOC(=O)C(C)(C)CC. The van der Waals surface area contributed by atoms with E-state index in [0.29, 0.717) is 187 Å². The molecule has 0 aromatic rings. The van der Waals surface area contributed by atoms with Gasteiger partial charge in [0.05, 0.1) is 107 Å². The summed E-state index contributed by atoms with van der Waals surface area (Å²) in [5.41, 5.74) is -1.41. The van der Waals surface area contributed by atoms with Crippen molar-refractivity contribution in [2.75, 3.05) is 92.5 Å². The van der Waals surface area contributed by atoms with Gasteiger partial charge in [-0.15, -0.1) is 0 Å². The monoisotopic (exact) mass is 1820 g/mol. The van der Waals surface area contributed by atoms with Gasteiger partial charge in [-0.1, -0.05) is 121 Å². The van der Waals surface area contributed by atoms with Gasteiger partial charge >= 0.3 is 83.6 Å². The van der Waals surface area contributed by atoms with Crippen molar-refractivity contribution >= 4 is 83.6 Å². The zero-order chi connectivity index (χ0) is 97.0. The lowest BCUT2D eigenvalue weighted by Gasteiger charge is -2.20. The Morgan fingerprint density at radius 2 is 0.551 bits per heavy atom. The molecule has 0 rings (SSSR count). The van der Waals surface area contributed by atoms with Crippen molar-refractivity contribution in [2.24, 2.45) is 39.9 Å². The number of unbranched alkanes of at least 4 members (excludes halogenated alkanes) is 14. The fraction of sp³-hybridized carbons (Fsp3) is 0.835. The van der Waals surface area contributed by atoms with Crippen molar-refractivity contribution in [1.82, 2.24) is 0 Å². The molecule has 0 heterocycles. The molecular formula is C97H174O30. The van der Waals surface area contributed by atoms with E-state index in [-0.39, 0.29) is 136 Å². The maximum Gasteiger partial charge on any atom is 0.330 e. The summed E-state index contributed by atoms with van der Waals surface area (Å²) in [5.74, 6) is -3.72. The summed E-state index contributed by atoms with van der Waals surface area (Å²) in [4.78, 5) is 160. The van der Waals surface area contributed by atoms with Gasteiger partial charge in [-0.2, -0.15) is 0 Å². The van der Waals surface area contributed by atoms with Gasteiger partial charge in [0.25, 0.3) is 0 Å². The Morgan fingerprint density at radius 1 is 0.291 bits per heavy atom. The van der Waals surface area contributed by atoms with Crippen molar-refractivity contribution in [3.05, 3.63) is 12.7 Å². The number of carbonyl (C=O) groups is 14. The first-order valence-corrected chi connectivity index (χ1v) is 47.6. The third kappa shape index (κ3) is 84.8. The average Bonchev–Trinajstić information content (AvgIpc) is 0.906. The van der Waals surface area contributed by atoms with Crippen LogP contribution in [0.3, 0.4) is 0 Å². The van der Waals surface area contributed by atoms with E-state index in [1.54, 1.807) is 0 Å². The lowest BCUT2D eigenvalue weighted by atomic mass is 9.91. The summed E-state index contributed by atoms with van der Waals surface area (Å²) >= 11 is 0. The second-order valence-corrected chi connectivity index (χ2v) is 33.9. The summed E-state index contributed by atoms with van der Waals surface area (Å²) in [5, 5.41) is 26.5. The average molecular weight is 1820 g/mol. The molecule has 0 aliphatic heterocycles. The highest BCUT2D eigenvalue weighted by atomic mass is 16.6. The van der Waals surface area contributed by atoms with Gasteiger partial charge in [0.1, 0.15) is 12.7 Å². The number of ether oxygens (including phenoxy) is 13. The minimum Gasteiger partial charge on any atom is -0.481 e. The number of rotatable bonds is 75. The van der Waals surface area contributed by atoms with E-state index in [2.05, 4.69) is 34.3 Å². The van der Waals surface area contributed by atoms with Crippen LogP contribution in [0.5, 0.6) is 0 Å². The number of carbonyl (C=O) groups excluding carboxylic acids is 12. The third-order valence-electron chi connectivity index (χ3n) is 21.2. The predicted molar refractivity (Wildman–Crippen MR) is 485 cm³/mol. The quantitative estimate of drug-likeness (QED) is 0.0220. The van der Waals surface area contributed by atoms with E-state index >= 15 is 0 Å². The summed E-state index contributed by atoms with van der Waals surface area (Å²) in [6, 6.07) is 0. The van der Waals surface area contributed by atoms with Gasteiger partial charge in [0, 0.05) is 64.0 Å². The topological polar surface area (TPSA) is 420 Å². The molecule has 0 aliphatic carbocycles. The number of esters is 12. The number of aliphatic carboxylic acids is 2. The fourth-order valence-electron chi connectivity index (χ4n) is 10.2. The van der Waals surface area contributed by atoms with Crippen LogP contribution in [0.15, 0.2) is 12.7 Å². The Kier molecular flexibility index (Phi) is 86.8. The van der Waals surface area contributed by atoms with E-state index in [1.165, 1.54) is 12.8 Å². The fourth-order valence-corrected chi connectivity index (χ4v) is 10.2. The Bertz CT molecular complexity index is 2890. The van der Waals surface area contributed by atoms with Crippen molar-refractivity contribution < 1.29 is 144 Å². The molecule has 0 bridgehead atoms. The zero-order valence-corrected chi connectivity index (χ0v) is 81.6. The molecule has 0 amide bonds. The number of hydrogen-bond donors (Lipinski definition) is 3. The highest BCUT2D eigenvalue weighted by molar-refractivity contribution is 5.81. The van der Waals surface area contributed by atoms with Crippen molar-refractivity contribution in [1.29, 1.82) is 0 Å². The molecule has 5 atom stereocenters. The van der Waals surface area contributed by atoms with Gasteiger partial charge in [-0.05, 0) is 233 Å². The molecule has 0 aromatic heterocycles. The first-order valence-electron chi connectivity index (χ1n) is 47.6. The molecule has 3 N–H and O–H groups in total. The molecule has 30 nitrogen and oxygen atoms in total. The molecule has 127 heavy (non-hydrogen) atoms. The predicted octanol–water partition coefficient (Wildman–Crippen LogP) is 19.3. The van der Waals surface area contributed by atoms with Gasteiger partial charge in [-0.25, -0.2) is 4.79 Å². The molecule has 0 aromatic carbocycles. The van der Waals surface area contributed by atoms with Crippen molar-refractivity contribution in [2.45, 2.75) is 393 Å². The summed E-state index contributed by atoms with van der Waals surface area (Å²) < 4.78 is 67.1. The lowest BCUT2D eigenvalue weighted by molar-refractivity contribution is -0.155. The molecule has 742 valence electrons. The van der Waals surface area contributed by atoms with E-state index in [0.717, 1.165) is 122 Å². The Morgan fingerprint density at radius 3 is 0.858 bits per heavy atom. The molecule has 0 saturated carbocycles. The van der Waals surface area contributed by atoms with Crippen LogP contribution >= 0.6 is 0 Å². The molecular weight excluding hydrogens is 1650 g/mol. The minimum absolute atomic E-state index is 0.0379. The molecule has 0 radical (unpaired) electrons. The van der Waals surface area contributed by atoms with Crippen LogP contribution in [-0.4, -0.2) is 197 Å². The van der Waals surface area contributed by atoms with Crippen molar-refractivity contribution in [3.8, 4) is 0 Å². The van der Waals surface area contributed by atoms with Crippen LogP contribution in [0.25, 0.3) is 0 Å². The number of hydrogen-bond acceptors (Lipinski definition) is 28. The largest absolute Gasteiger partial charge is 0.481 e. The first-order chi connectivity index (χ1) is 60.3. The highest BCUT2D eigenvalue weighted by Gasteiger charge is 2.29. The van der Waals surface area contributed by atoms with E-state index < -0.39 is 40.3 Å². The van der Waals surface area contributed by atoms with Crippen LogP contribution in [0.4, 0.5) is 0 Å². The number of carboxylic acids is 2. The number of carboxylic acid groups (broad SMARTS) is 2. The van der Waals surface area contributed by atoms with Crippen LogP contribution in [0, 0.1) is 39.9 Å². The molecule has 0 saturated heterocycles. The molecule has 0 spiro atoms. The molecule has 5 unspecified atom stereocenters. The van der Waals surface area contributed by atoms with Crippen LogP contribution < -0.4 is 0 Å². The lowest BCUT2D eigenvalue weighted by Crippen LogP contribution is -2.26. The van der Waals surface area contributed by atoms with E-state index in [9.17, 15) is 72.2 Å². The van der Waals surface area contributed by atoms with E-state index in [4.69, 9.17) is 71.8 Å². The Hall–Kier alpha value is -7.76. The summed E-state index contributed by atoms with van der Waals surface area (Å²) in [7, 11) is 0. The standard InChI is InChI=1S/C29H52O8.C24H44O6.C21H36O8.C12H22O4.C11H20O4/c1-6-9-16-24(7-2)23-37-27(32)18-12-14-21-35-25(30)17-11-10-13-20-34-26(31)19-15-22-36-28(33)29(4,5)8-3;1-6-9-14-20(7-2)19-30-22(26)15-11-10-12-17-28-21(25)16-13-18-29-23(27)24(4,5)8-3;1-4-17(3)21(25)28-14-8-6-7-11-20(24)29-16-18(22)15-26-12-9-10-13-27-19(23)5-2;1-4-12(2,3)11(15)16-9-7-5-6-8-10(13)14;1-3-9(2)11(14)15-8-6-4-5-7-10(12)13/h24H,6-23H2,1-5H3;20H,6-19H2,1-5H3;5,17-18,22H,2,4,6-16H2,1,3H3;4-9H2,1-3H3,(H,13,14);9H,3-8H2,1-2H3,(H,12,13). The smallest absolute Gasteiger partial charge is 0.330 e. The zero-order valence-electron chi connectivity index (χ0n) is 81.6. The van der Waals surface area contributed by atoms with Gasteiger partial charge < -0.3 is 76.9 Å². The third-order valence-corrected chi connectivity index (χ3v) is 21.2. The number of aliphatic hydroxyl groups excluding tert-OH is 1. The summed E-state index contributed by atoms with van der Waals surface area (Å²) in [6.45, 7) is 40.6. The van der Waals surface area contributed by atoms with Gasteiger partial charge in [0.2, 0.25) is 0 Å². The second-order valence-electron chi connectivity index (χ2n) is 33.9. The van der Waals surface area contributed by atoms with Crippen LogP contribution in [-0.2, 0) is 129 Å². The number of aliphatic hydroxyl groups is 1.